The number of aromatic hydroxyl groups is 1. The number of ether oxygens (including phenoxy) is 2. The lowest BCUT2D eigenvalue weighted by molar-refractivity contribution is -0.448. The number of hydrogen-bond donors (Lipinski definition) is 3. The first-order chi connectivity index (χ1) is 19.6. The van der Waals surface area contributed by atoms with Gasteiger partial charge in [-0.1, -0.05) is 13.0 Å². The summed E-state index contributed by atoms with van der Waals surface area (Å²) in [5.74, 6) is 0.0999. The number of hydrogen-bond acceptors (Lipinski definition) is 7. The molecule has 3 N–H and O–H groups in total. The van der Waals surface area contributed by atoms with Crippen LogP contribution in [-0.2, 0) is 26.2 Å². The first kappa shape index (κ1) is 26.6. The molecule has 10 nitrogen and oxygen atoms in total. The minimum absolute atomic E-state index is 0.148. The molecule has 6 atom stereocenters. The Morgan fingerprint density at radius 1 is 1.32 bits per heavy atom. The molecule has 3 heterocycles. The van der Waals surface area contributed by atoms with Gasteiger partial charge in [-0.3, -0.25) is 9.69 Å². The molecular weight excluding hydrogens is 524 g/mol. The van der Waals surface area contributed by atoms with Crippen molar-refractivity contribution in [3.8, 4) is 11.5 Å². The van der Waals surface area contributed by atoms with Crippen LogP contribution in [0.2, 0.25) is 0 Å². The van der Waals surface area contributed by atoms with Gasteiger partial charge in [0.05, 0.1) is 6.21 Å². The van der Waals surface area contributed by atoms with Gasteiger partial charge >= 0.3 is 11.7 Å². The third-order valence-corrected chi connectivity index (χ3v) is 10.7. The fourth-order valence-electron chi connectivity index (χ4n) is 8.73. The Morgan fingerprint density at radius 2 is 2.12 bits per heavy atom. The van der Waals surface area contributed by atoms with Gasteiger partial charge in [0.2, 0.25) is 5.70 Å². The van der Waals surface area contributed by atoms with Crippen LogP contribution < -0.4 is 10.1 Å². The molecule has 1 saturated heterocycles. The van der Waals surface area contributed by atoms with Crippen LogP contribution in [0, 0.1) is 17.3 Å². The summed E-state index contributed by atoms with van der Waals surface area (Å²) in [7, 11) is 1.70. The van der Waals surface area contributed by atoms with Gasteiger partial charge in [0.1, 0.15) is 18.9 Å². The van der Waals surface area contributed by atoms with E-state index >= 15 is 0 Å². The number of likely N-dealkylation sites (tertiary alicyclic amines) is 1. The van der Waals surface area contributed by atoms with Crippen molar-refractivity contribution in [3.63, 3.8) is 0 Å². The van der Waals surface area contributed by atoms with E-state index in [0.717, 1.165) is 44.7 Å². The minimum Gasteiger partial charge on any atom is -0.504 e. The van der Waals surface area contributed by atoms with E-state index in [-0.39, 0.29) is 47.9 Å². The summed E-state index contributed by atoms with van der Waals surface area (Å²) in [4.78, 5) is 32.2. The van der Waals surface area contributed by atoms with Crippen LogP contribution in [0.1, 0.15) is 50.2 Å². The van der Waals surface area contributed by atoms with Crippen molar-refractivity contribution in [1.82, 2.24) is 10.2 Å². The Labute approximate surface area is 239 Å². The zero-order valence-corrected chi connectivity index (χ0v) is 23.8. The number of aliphatic carboxylic acids is 1. The molecule has 0 aromatic heterocycles. The number of phenolic OH excluding ortho intramolecular Hbond substituents is 1. The molecule has 7 rings (SSSR count). The molecule has 41 heavy (non-hydrogen) atoms. The highest BCUT2D eigenvalue weighted by Crippen LogP contribution is 2.63. The Hall–Kier alpha value is -3.24. The van der Waals surface area contributed by atoms with Crippen LogP contribution in [0.3, 0.4) is 0 Å². The maximum absolute atomic E-state index is 13.4. The summed E-state index contributed by atoms with van der Waals surface area (Å²) in [6.07, 6.45) is 7.04. The van der Waals surface area contributed by atoms with Crippen molar-refractivity contribution >= 4 is 24.8 Å². The van der Waals surface area contributed by atoms with Crippen LogP contribution in [0.15, 0.2) is 28.5 Å². The Kier molecular flexibility index (Phi) is 6.10. The molecule has 3 aliphatic heterocycles. The number of nitrogens with zero attached hydrogens (tertiary/aromatic N) is 3. The normalized spacial score (nSPS) is 35.5. The van der Waals surface area contributed by atoms with Gasteiger partial charge in [-0.25, -0.2) is 9.79 Å². The molecule has 6 unspecified atom stereocenters. The number of carbonyl (C=O) groups excluding carboxylic acids is 1. The molecule has 218 valence electrons. The smallest absolute Gasteiger partial charge is 0.403 e. The molecule has 2 saturated carbocycles. The maximum Gasteiger partial charge on any atom is 0.403 e. The van der Waals surface area contributed by atoms with Crippen molar-refractivity contribution in [2.24, 2.45) is 22.2 Å². The van der Waals surface area contributed by atoms with Crippen molar-refractivity contribution in [3.05, 3.63) is 34.7 Å². The van der Waals surface area contributed by atoms with E-state index in [4.69, 9.17) is 9.47 Å². The van der Waals surface area contributed by atoms with Crippen LogP contribution in [-0.4, -0.2) is 96.0 Å². The standard InChI is InChI=1S/C31H38N4O6/c1-30(16-33-28(37)23-24(29(38)39)34(2)11-9-32-23)13-19-14-31-8-10-35(15-17-4-5-17)20(19)12-18-6-7-21(36)25(22(18)31)41-27(31)26(30)40-3/h6-7,9,17,19-20,26-27H,2,4-5,8,10-16H2,1,3H3,(H2-,33,36,37,38,39)/p+1. The second kappa shape index (κ2) is 9.39. The first-order valence-electron chi connectivity index (χ1n) is 14.8. The van der Waals surface area contributed by atoms with E-state index in [0.29, 0.717) is 17.7 Å². The lowest BCUT2D eigenvalue weighted by atomic mass is 9.67. The molecule has 10 heteroatoms. The number of rotatable bonds is 7. The van der Waals surface area contributed by atoms with Crippen molar-refractivity contribution < 1.29 is 33.9 Å². The number of amides is 1. The van der Waals surface area contributed by atoms with Gasteiger partial charge in [-0.15, -0.1) is 0 Å². The number of nitrogens with one attached hydrogen (secondary N) is 1. The van der Waals surface area contributed by atoms with Gasteiger partial charge in [-0.05, 0) is 68.5 Å². The summed E-state index contributed by atoms with van der Waals surface area (Å²) in [5, 5.41) is 23.7. The number of benzene rings is 1. The van der Waals surface area contributed by atoms with Crippen molar-refractivity contribution in [1.29, 1.82) is 0 Å². The second-order valence-electron chi connectivity index (χ2n) is 13.3. The molecule has 3 fully saturated rings. The highest BCUT2D eigenvalue weighted by molar-refractivity contribution is 6.02. The zero-order chi connectivity index (χ0) is 28.7. The molecule has 1 aromatic carbocycles. The topological polar surface area (TPSA) is 124 Å². The SMILES string of the molecule is C=[N+]1CC=NC(C(=O)NCC2(C)CC3CC45CCN(CC6CC6)C3Cc3ccc(O)c(c34)OC5C2OC)=C1C(=O)O. The summed E-state index contributed by atoms with van der Waals surface area (Å²) in [5.41, 5.74) is 1.27. The average Bonchev–Trinajstić information content (AvgIpc) is 3.74. The first-order valence-corrected chi connectivity index (χ1v) is 14.8. The van der Waals surface area contributed by atoms with E-state index in [1.165, 1.54) is 34.8 Å². The summed E-state index contributed by atoms with van der Waals surface area (Å²) in [6, 6.07) is 4.22. The fraction of sp³-hybridized carbons (Fsp3) is 0.613. The number of carboxylic acid groups (broad SMARTS) is 1. The third kappa shape index (κ3) is 4.05. The maximum atomic E-state index is 13.4. The van der Waals surface area contributed by atoms with E-state index < -0.39 is 17.3 Å². The van der Waals surface area contributed by atoms with E-state index in [2.05, 4.69) is 34.9 Å². The number of phenols is 1. The van der Waals surface area contributed by atoms with Gasteiger partial charge < -0.3 is 25.0 Å². The molecule has 0 radical (unpaired) electrons. The van der Waals surface area contributed by atoms with E-state index in [1.54, 1.807) is 13.2 Å². The summed E-state index contributed by atoms with van der Waals surface area (Å²) >= 11 is 0. The lowest BCUT2D eigenvalue weighted by Gasteiger charge is -2.45. The molecule has 1 spiro atoms. The molecule has 3 aliphatic carbocycles. The zero-order valence-electron chi connectivity index (χ0n) is 23.8. The number of methoxy groups -OCH3 is 1. The van der Waals surface area contributed by atoms with Gasteiger partial charge in [0.25, 0.3) is 5.91 Å². The fourth-order valence-corrected chi connectivity index (χ4v) is 8.73. The summed E-state index contributed by atoms with van der Waals surface area (Å²) < 4.78 is 14.3. The third-order valence-electron chi connectivity index (χ3n) is 10.7. The van der Waals surface area contributed by atoms with Crippen LogP contribution >= 0.6 is 0 Å². The Balaban J connectivity index is 1.27. The Morgan fingerprint density at radius 3 is 2.85 bits per heavy atom. The molecule has 1 amide bonds. The van der Waals surface area contributed by atoms with Crippen LogP contribution in [0.25, 0.3) is 0 Å². The minimum atomic E-state index is -1.24. The molecular formula is C31H39N4O6+. The lowest BCUT2D eigenvalue weighted by Crippen LogP contribution is -2.56. The number of carboxylic acids is 1. The van der Waals surface area contributed by atoms with Crippen LogP contribution in [0.5, 0.6) is 11.5 Å². The monoisotopic (exact) mass is 563 g/mol. The predicted octanol–water partition coefficient (Wildman–Crippen LogP) is 2.07. The summed E-state index contributed by atoms with van der Waals surface area (Å²) in [6.45, 7) is 8.51. The predicted molar refractivity (Wildman–Crippen MR) is 151 cm³/mol. The van der Waals surface area contributed by atoms with Gasteiger partial charge in [-0.2, -0.15) is 4.58 Å². The van der Waals surface area contributed by atoms with Crippen molar-refractivity contribution in [2.75, 3.05) is 33.3 Å². The molecule has 3 bridgehead atoms. The van der Waals surface area contributed by atoms with Crippen molar-refractivity contribution in [2.45, 2.75) is 69.1 Å². The van der Waals surface area contributed by atoms with Gasteiger partial charge in [0, 0.05) is 42.6 Å². The average molecular weight is 564 g/mol. The number of aliphatic imine (C=N–C) groups is 1. The van der Waals surface area contributed by atoms with Gasteiger partial charge in [0.15, 0.2) is 18.0 Å². The molecule has 6 aliphatic rings. The highest BCUT2D eigenvalue weighted by atomic mass is 16.5. The second-order valence-corrected chi connectivity index (χ2v) is 13.3. The van der Waals surface area contributed by atoms with Crippen LogP contribution in [0.4, 0.5) is 0 Å². The molecule has 1 aromatic rings. The van der Waals surface area contributed by atoms with E-state index in [9.17, 15) is 19.8 Å². The highest BCUT2D eigenvalue weighted by Gasteiger charge is 2.64. The van der Waals surface area contributed by atoms with E-state index in [1.807, 2.05) is 0 Å². The Bertz CT molecular complexity index is 1400. The largest absolute Gasteiger partial charge is 0.504 e. The quantitative estimate of drug-likeness (QED) is 0.434. The number of carbonyl (C=O) groups is 2.